The first kappa shape index (κ1) is 23.5. The Morgan fingerprint density at radius 2 is 2.24 bits per heavy atom. The molecular formula is C21H25N5O5S2. The van der Waals surface area contributed by atoms with Crippen molar-refractivity contribution in [1.29, 1.82) is 0 Å². The Kier molecular flexibility index (Phi) is 6.91. The van der Waals surface area contributed by atoms with Gasteiger partial charge in [0.05, 0.1) is 23.2 Å². The molecule has 0 saturated heterocycles. The summed E-state index contributed by atoms with van der Waals surface area (Å²) in [6.45, 7) is 2.50. The van der Waals surface area contributed by atoms with E-state index in [2.05, 4.69) is 24.0 Å². The lowest BCUT2D eigenvalue weighted by atomic mass is 10.1. The van der Waals surface area contributed by atoms with Crippen LogP contribution >= 0.6 is 11.3 Å². The summed E-state index contributed by atoms with van der Waals surface area (Å²) in [5.74, 6) is -0.221. The number of aliphatic hydroxyl groups is 1. The van der Waals surface area contributed by atoms with Crippen molar-refractivity contribution in [1.82, 2.24) is 14.5 Å². The quantitative estimate of drug-likeness (QED) is 0.383. The first-order valence-electron chi connectivity index (χ1n) is 10.3. The van der Waals surface area contributed by atoms with Crippen LogP contribution in [0.2, 0.25) is 0 Å². The van der Waals surface area contributed by atoms with Crippen LogP contribution < -0.4 is 10.5 Å². The number of aryl methyl sites for hydroxylation is 1. The summed E-state index contributed by atoms with van der Waals surface area (Å²) in [7, 11) is -4.07. The maximum absolute atomic E-state index is 13.2. The highest BCUT2D eigenvalue weighted by Gasteiger charge is 2.34. The Bertz CT molecular complexity index is 1240. The van der Waals surface area contributed by atoms with Gasteiger partial charge in [-0.05, 0) is 48.4 Å². The zero-order valence-electron chi connectivity index (χ0n) is 17.9. The second kappa shape index (κ2) is 9.69. The van der Waals surface area contributed by atoms with Gasteiger partial charge in [-0.2, -0.15) is 8.42 Å². The topological polar surface area (TPSA) is 149 Å². The number of hydrogen-bond acceptors (Lipinski definition) is 9. The number of aromatic nitrogens is 3. The maximum atomic E-state index is 13.2. The number of ketones is 1. The van der Waals surface area contributed by atoms with E-state index in [0.29, 0.717) is 35.6 Å². The van der Waals surface area contributed by atoms with Crippen LogP contribution in [0.3, 0.4) is 0 Å². The fourth-order valence-corrected chi connectivity index (χ4v) is 5.19. The molecule has 176 valence electrons. The zero-order chi connectivity index (χ0) is 23.6. The molecule has 4 N–H and O–H groups in total. The predicted octanol–water partition coefficient (Wildman–Crippen LogP) is 1.70. The Labute approximate surface area is 195 Å². The van der Waals surface area contributed by atoms with Gasteiger partial charge in [-0.3, -0.25) is 8.98 Å². The Balaban J connectivity index is 1.44. The number of anilines is 1. The van der Waals surface area contributed by atoms with Crippen molar-refractivity contribution in [3.63, 3.8) is 0 Å². The number of hydrogen-bond donors (Lipinski definition) is 3. The van der Waals surface area contributed by atoms with E-state index in [1.54, 1.807) is 0 Å². The maximum Gasteiger partial charge on any atom is 0.333 e. The van der Waals surface area contributed by atoms with Gasteiger partial charge in [-0.1, -0.05) is 0 Å². The lowest BCUT2D eigenvalue weighted by Gasteiger charge is -2.15. The molecule has 0 radical (unpaired) electrons. The van der Waals surface area contributed by atoms with E-state index in [1.165, 1.54) is 29.4 Å². The molecule has 0 aliphatic heterocycles. The van der Waals surface area contributed by atoms with Gasteiger partial charge < -0.3 is 15.0 Å². The van der Waals surface area contributed by atoms with Crippen molar-refractivity contribution in [3.05, 3.63) is 64.0 Å². The number of carbonyl (C=O) groups excluding carboxylic acids is 1. The number of rotatable bonds is 9. The van der Waals surface area contributed by atoms with Gasteiger partial charge in [0, 0.05) is 37.1 Å². The molecule has 4 rings (SSSR count). The van der Waals surface area contributed by atoms with Crippen molar-refractivity contribution in [2.75, 3.05) is 11.9 Å². The number of aliphatic hydroxyl groups excluding tert-OH is 1. The van der Waals surface area contributed by atoms with Crippen molar-refractivity contribution in [2.45, 2.75) is 38.5 Å². The van der Waals surface area contributed by atoms with E-state index < -0.39 is 22.3 Å². The Hall–Kier alpha value is -2.64. The monoisotopic (exact) mass is 491 g/mol. The van der Waals surface area contributed by atoms with E-state index in [9.17, 15) is 18.3 Å². The largest absolute Gasteiger partial charge is 0.393 e. The third-order valence-electron chi connectivity index (χ3n) is 5.54. The van der Waals surface area contributed by atoms with Crippen LogP contribution in [-0.4, -0.2) is 52.6 Å². The molecule has 0 spiro atoms. The summed E-state index contributed by atoms with van der Waals surface area (Å²) in [5.41, 5.74) is 2.54. The summed E-state index contributed by atoms with van der Waals surface area (Å²) < 4.78 is 28.8. The highest BCUT2D eigenvalue weighted by atomic mass is 32.2. The van der Waals surface area contributed by atoms with E-state index in [-0.39, 0.29) is 18.4 Å². The zero-order valence-corrected chi connectivity index (χ0v) is 19.6. The molecule has 3 aromatic rings. The fourth-order valence-electron chi connectivity index (χ4n) is 3.97. The molecule has 1 aliphatic carbocycles. The number of carbonyl (C=O) groups is 1. The minimum atomic E-state index is -4.07. The molecule has 1 fully saturated rings. The molecule has 33 heavy (non-hydrogen) atoms. The molecule has 10 nitrogen and oxygen atoms in total. The molecule has 0 unspecified atom stereocenters. The van der Waals surface area contributed by atoms with E-state index in [1.807, 2.05) is 36.8 Å². The number of thiophene rings is 1. The van der Waals surface area contributed by atoms with Gasteiger partial charge in [0.2, 0.25) is 5.78 Å². The summed E-state index contributed by atoms with van der Waals surface area (Å²) >= 11 is 1.37. The standard InChI is InChI=1S/C21H25N5O5S2/c1-13-2-3-26(8-13)9-14-4-19(32-11-14)20(28)17-7-23-12-24-21(17)25-16-5-15(18(27)6-16)10-31-33(22,29)30/h2-4,7-8,11-12,15-16,18,27H,5-6,9-10H2,1H3,(H2,22,29,30)(H,23,24,25)/t15-,16-,18+/m1/s1. The first-order chi connectivity index (χ1) is 15.7. The van der Waals surface area contributed by atoms with Crippen LogP contribution in [0.4, 0.5) is 5.82 Å². The normalized spacial score (nSPS) is 20.8. The first-order valence-corrected chi connectivity index (χ1v) is 12.7. The van der Waals surface area contributed by atoms with Crippen LogP contribution in [0.1, 0.15) is 39.2 Å². The predicted molar refractivity (Wildman–Crippen MR) is 123 cm³/mol. The fraction of sp³-hybridized carbons (Fsp3) is 0.381. The summed E-state index contributed by atoms with van der Waals surface area (Å²) in [6, 6.07) is 3.69. The molecule has 3 heterocycles. The minimum Gasteiger partial charge on any atom is -0.393 e. The molecule has 3 atom stereocenters. The van der Waals surface area contributed by atoms with E-state index in [0.717, 1.165) is 5.56 Å². The smallest absolute Gasteiger partial charge is 0.333 e. The number of nitrogens with zero attached hydrogens (tertiary/aromatic N) is 3. The van der Waals surface area contributed by atoms with Gasteiger partial charge in [-0.25, -0.2) is 15.1 Å². The minimum absolute atomic E-state index is 0.189. The summed E-state index contributed by atoms with van der Waals surface area (Å²) in [6.07, 6.45) is 6.90. The van der Waals surface area contributed by atoms with E-state index in [4.69, 9.17) is 5.14 Å². The molecule has 0 aromatic carbocycles. The molecule has 0 bridgehead atoms. The van der Waals surface area contributed by atoms with Crippen molar-refractivity contribution in [3.8, 4) is 0 Å². The highest BCUT2D eigenvalue weighted by molar-refractivity contribution is 7.84. The Morgan fingerprint density at radius 3 is 2.97 bits per heavy atom. The Morgan fingerprint density at radius 1 is 1.42 bits per heavy atom. The van der Waals surface area contributed by atoms with E-state index >= 15 is 0 Å². The van der Waals surface area contributed by atoms with Crippen molar-refractivity contribution < 1.29 is 22.5 Å². The van der Waals surface area contributed by atoms with Crippen LogP contribution in [0, 0.1) is 12.8 Å². The lowest BCUT2D eigenvalue weighted by molar-refractivity contribution is 0.101. The highest BCUT2D eigenvalue weighted by Crippen LogP contribution is 2.30. The average Bonchev–Trinajstić information content (AvgIpc) is 3.47. The SMILES string of the molecule is Cc1ccn(Cc2csc(C(=O)c3cncnc3N[C@@H]3C[C@H](COS(N)(=O)=O)[C@@H](O)C3)c2)c1. The molecule has 12 heteroatoms. The lowest BCUT2D eigenvalue weighted by Crippen LogP contribution is -2.24. The van der Waals surface area contributed by atoms with Crippen LogP contribution in [-0.2, 0) is 21.0 Å². The summed E-state index contributed by atoms with van der Waals surface area (Å²) in [5, 5.41) is 20.3. The van der Waals surface area contributed by atoms with Crippen LogP contribution in [0.15, 0.2) is 42.4 Å². The van der Waals surface area contributed by atoms with Gasteiger partial charge in [0.1, 0.15) is 12.1 Å². The third-order valence-corrected chi connectivity index (χ3v) is 6.98. The second-order valence-corrected chi connectivity index (χ2v) is 10.3. The molecule has 1 saturated carbocycles. The second-order valence-electron chi connectivity index (χ2n) is 8.21. The van der Waals surface area contributed by atoms with Crippen LogP contribution in [0.5, 0.6) is 0 Å². The third kappa shape index (κ3) is 6.03. The van der Waals surface area contributed by atoms with Crippen LogP contribution in [0.25, 0.3) is 0 Å². The molecule has 3 aromatic heterocycles. The van der Waals surface area contributed by atoms with Gasteiger partial charge in [0.15, 0.2) is 0 Å². The van der Waals surface area contributed by atoms with Crippen molar-refractivity contribution in [2.24, 2.45) is 11.1 Å². The van der Waals surface area contributed by atoms with Gasteiger partial charge >= 0.3 is 10.3 Å². The summed E-state index contributed by atoms with van der Waals surface area (Å²) in [4.78, 5) is 22.0. The molecule has 0 amide bonds. The van der Waals surface area contributed by atoms with Gasteiger partial charge in [0.25, 0.3) is 0 Å². The van der Waals surface area contributed by atoms with Crippen molar-refractivity contribution >= 4 is 33.2 Å². The molecular weight excluding hydrogens is 466 g/mol. The number of nitrogens with two attached hydrogens (primary N) is 1. The molecule has 1 aliphatic rings. The van der Waals surface area contributed by atoms with Gasteiger partial charge in [-0.15, -0.1) is 11.3 Å². The number of nitrogens with one attached hydrogen (secondary N) is 1. The average molecular weight is 492 g/mol.